The van der Waals surface area contributed by atoms with Gasteiger partial charge in [0.2, 0.25) is 5.91 Å². The zero-order valence-corrected chi connectivity index (χ0v) is 7.85. The highest BCUT2D eigenvalue weighted by molar-refractivity contribution is 6.30. The second-order valence-corrected chi connectivity index (χ2v) is 2.85. The molecular weight excluding hydrogens is 202 g/mol. The summed E-state index contributed by atoms with van der Waals surface area (Å²) in [5, 5.41) is 3.51. The maximum Gasteiger partial charge on any atom is 0.242 e. The molecule has 0 aliphatic rings. The lowest BCUT2D eigenvalue weighted by molar-refractivity contribution is -0.113. The number of amides is 1. The van der Waals surface area contributed by atoms with E-state index in [9.17, 15) is 4.79 Å². The van der Waals surface area contributed by atoms with Gasteiger partial charge in [0.15, 0.2) is 0 Å². The first-order chi connectivity index (χ1) is 6.72. The highest BCUT2D eigenvalue weighted by Crippen LogP contribution is 2.10. The minimum absolute atomic E-state index is 0.623. The second kappa shape index (κ2) is 5.07. The van der Waals surface area contributed by atoms with Crippen LogP contribution in [0.1, 0.15) is 5.56 Å². The van der Waals surface area contributed by atoms with E-state index in [4.69, 9.17) is 17.1 Å². The zero-order chi connectivity index (χ0) is 10.4. The van der Waals surface area contributed by atoms with Crippen molar-refractivity contribution in [1.82, 2.24) is 0 Å². The average molecular weight is 208 g/mol. The Bertz CT molecular complexity index is 405. The molecular formula is C9H6ClN3O. The van der Waals surface area contributed by atoms with E-state index in [-0.39, 0.29) is 0 Å². The summed E-state index contributed by atoms with van der Waals surface area (Å²) in [5.74, 6) is -0.623. The molecule has 0 saturated heterocycles. The van der Waals surface area contributed by atoms with Crippen LogP contribution >= 0.6 is 11.6 Å². The Labute approximate surface area is 85.4 Å². The third-order valence-corrected chi connectivity index (χ3v) is 1.68. The first-order valence-corrected chi connectivity index (χ1v) is 4.13. The molecule has 1 rings (SSSR count). The van der Waals surface area contributed by atoms with Crippen molar-refractivity contribution in [3.63, 3.8) is 0 Å². The van der Waals surface area contributed by atoms with Crippen molar-refractivity contribution < 1.29 is 4.79 Å². The lowest BCUT2D eigenvalue weighted by Gasteiger charge is -1.91. The highest BCUT2D eigenvalue weighted by atomic mass is 35.5. The first kappa shape index (κ1) is 10.3. The molecule has 0 unspecified atom stereocenters. The summed E-state index contributed by atoms with van der Waals surface area (Å²) in [4.78, 5) is 13.1. The van der Waals surface area contributed by atoms with Crippen molar-refractivity contribution >= 4 is 23.6 Å². The topological polar surface area (TPSA) is 65.8 Å². The molecule has 4 nitrogen and oxygen atoms in total. The molecule has 0 N–H and O–H groups in total. The molecule has 0 aliphatic carbocycles. The number of nitrogens with zero attached hydrogens (tertiary/aromatic N) is 3. The van der Waals surface area contributed by atoms with E-state index in [0.29, 0.717) is 5.02 Å². The van der Waals surface area contributed by atoms with Crippen LogP contribution < -0.4 is 0 Å². The Kier molecular flexibility index (Phi) is 3.73. The smallest absolute Gasteiger partial charge is 0.242 e. The van der Waals surface area contributed by atoms with Crippen molar-refractivity contribution in [2.24, 2.45) is 5.11 Å². The van der Waals surface area contributed by atoms with Gasteiger partial charge in [-0.2, -0.15) is 0 Å². The number of hydrogen-bond acceptors (Lipinski definition) is 1. The zero-order valence-electron chi connectivity index (χ0n) is 7.09. The van der Waals surface area contributed by atoms with Crippen molar-refractivity contribution in [2.45, 2.75) is 0 Å². The molecule has 0 aliphatic heterocycles. The second-order valence-electron chi connectivity index (χ2n) is 2.41. The van der Waals surface area contributed by atoms with E-state index >= 15 is 0 Å². The van der Waals surface area contributed by atoms with Crippen LogP contribution in [0.5, 0.6) is 0 Å². The molecule has 0 saturated carbocycles. The van der Waals surface area contributed by atoms with Crippen LogP contribution in [0.2, 0.25) is 5.02 Å². The third-order valence-electron chi connectivity index (χ3n) is 1.43. The van der Waals surface area contributed by atoms with Crippen molar-refractivity contribution in [2.75, 3.05) is 0 Å². The summed E-state index contributed by atoms with van der Waals surface area (Å²) in [6, 6.07) is 6.92. The van der Waals surface area contributed by atoms with Gasteiger partial charge < -0.3 is 0 Å². The van der Waals surface area contributed by atoms with Crippen LogP contribution in [-0.2, 0) is 4.79 Å². The largest absolute Gasteiger partial charge is 0.288 e. The van der Waals surface area contributed by atoms with Crippen LogP contribution in [-0.4, -0.2) is 5.91 Å². The fourth-order valence-electron chi connectivity index (χ4n) is 0.819. The predicted molar refractivity (Wildman–Crippen MR) is 54.6 cm³/mol. The summed E-state index contributed by atoms with van der Waals surface area (Å²) in [7, 11) is 0. The van der Waals surface area contributed by atoms with Gasteiger partial charge in [-0.05, 0) is 34.4 Å². The summed E-state index contributed by atoms with van der Waals surface area (Å²) in [6.07, 6.45) is 2.75. The number of rotatable bonds is 2. The summed E-state index contributed by atoms with van der Waals surface area (Å²) >= 11 is 5.67. The number of carbonyl (C=O) groups excluding carboxylic acids is 1. The Morgan fingerprint density at radius 2 is 2.07 bits per heavy atom. The van der Waals surface area contributed by atoms with Crippen LogP contribution in [0.3, 0.4) is 0 Å². The Hall–Kier alpha value is -1.77. The van der Waals surface area contributed by atoms with Gasteiger partial charge in [0, 0.05) is 9.93 Å². The molecule has 1 aromatic carbocycles. The third kappa shape index (κ3) is 3.31. The molecule has 0 atom stereocenters. The number of carbonyl (C=O) groups is 1. The van der Waals surface area contributed by atoms with Gasteiger partial charge in [-0.3, -0.25) is 4.79 Å². The van der Waals surface area contributed by atoms with Gasteiger partial charge in [-0.25, -0.2) is 0 Å². The van der Waals surface area contributed by atoms with E-state index in [1.54, 1.807) is 30.3 Å². The molecule has 0 radical (unpaired) electrons. The van der Waals surface area contributed by atoms with Crippen LogP contribution in [0.25, 0.3) is 16.5 Å². The Balaban J connectivity index is 2.73. The maximum atomic E-state index is 10.8. The predicted octanol–water partition coefficient (Wildman–Crippen LogP) is 3.19. The average Bonchev–Trinajstić information content (AvgIpc) is 2.17. The normalized spacial score (nSPS) is 9.79. The van der Waals surface area contributed by atoms with E-state index in [2.05, 4.69) is 10.0 Å². The fourth-order valence-corrected chi connectivity index (χ4v) is 0.945. The number of hydrogen-bond donors (Lipinski definition) is 0. The molecule has 0 bridgehead atoms. The molecule has 0 spiro atoms. The monoisotopic (exact) mass is 207 g/mol. The van der Waals surface area contributed by atoms with Crippen LogP contribution in [0.15, 0.2) is 35.5 Å². The molecule has 1 aromatic rings. The van der Waals surface area contributed by atoms with Crippen LogP contribution in [0.4, 0.5) is 0 Å². The van der Waals surface area contributed by atoms with Gasteiger partial charge >= 0.3 is 0 Å². The lowest BCUT2D eigenvalue weighted by Crippen LogP contribution is -1.82. The van der Waals surface area contributed by atoms with Gasteiger partial charge in [-0.1, -0.05) is 29.8 Å². The lowest BCUT2D eigenvalue weighted by atomic mass is 10.2. The first-order valence-electron chi connectivity index (χ1n) is 3.75. The van der Waals surface area contributed by atoms with E-state index in [1.807, 2.05) is 0 Å². The van der Waals surface area contributed by atoms with Gasteiger partial charge in [0.25, 0.3) is 0 Å². The van der Waals surface area contributed by atoms with E-state index < -0.39 is 5.91 Å². The summed E-state index contributed by atoms with van der Waals surface area (Å²) < 4.78 is 0. The Morgan fingerprint density at radius 1 is 1.43 bits per heavy atom. The van der Waals surface area contributed by atoms with Crippen molar-refractivity contribution in [3.8, 4) is 0 Å². The number of azide groups is 1. The van der Waals surface area contributed by atoms with Crippen molar-refractivity contribution in [3.05, 3.63) is 51.4 Å². The van der Waals surface area contributed by atoms with Crippen molar-refractivity contribution in [1.29, 1.82) is 0 Å². The van der Waals surface area contributed by atoms with Gasteiger partial charge in [-0.15, -0.1) is 0 Å². The van der Waals surface area contributed by atoms with E-state index in [1.165, 1.54) is 6.08 Å². The number of halogens is 1. The minimum Gasteiger partial charge on any atom is -0.288 e. The molecule has 70 valence electrons. The standard InChI is InChI=1S/C9H6ClN3O/c10-8-4-1-7(2-5-8)3-6-9(14)12-13-11/h1-6H. The van der Waals surface area contributed by atoms with Gasteiger partial charge in [0.05, 0.1) is 0 Å². The SMILES string of the molecule is [N-]=[N+]=NC(=O)C=Cc1ccc(Cl)cc1. The fraction of sp³-hybridized carbons (Fsp3) is 0. The van der Waals surface area contributed by atoms with E-state index in [0.717, 1.165) is 5.56 Å². The molecule has 0 heterocycles. The minimum atomic E-state index is -0.623. The van der Waals surface area contributed by atoms with Gasteiger partial charge in [0.1, 0.15) is 0 Å². The van der Waals surface area contributed by atoms with Crippen LogP contribution in [0, 0.1) is 0 Å². The number of benzene rings is 1. The maximum absolute atomic E-state index is 10.8. The highest BCUT2D eigenvalue weighted by Gasteiger charge is 1.90. The molecule has 14 heavy (non-hydrogen) atoms. The Morgan fingerprint density at radius 3 is 2.64 bits per heavy atom. The quantitative estimate of drug-likeness (QED) is 0.318. The summed E-state index contributed by atoms with van der Waals surface area (Å²) in [5.41, 5.74) is 8.77. The molecule has 1 amide bonds. The molecule has 0 fully saturated rings. The summed E-state index contributed by atoms with van der Waals surface area (Å²) in [6.45, 7) is 0. The molecule has 0 aromatic heterocycles. The molecule has 5 heteroatoms.